The van der Waals surface area contributed by atoms with E-state index in [9.17, 15) is 44.2 Å². The molecule has 0 spiro atoms. The Bertz CT molecular complexity index is 2020. The first kappa shape index (κ1) is 30.7. The van der Waals surface area contributed by atoms with E-state index in [0.29, 0.717) is 21.9 Å². The smallest absolute Gasteiger partial charge is 0.336 e. The minimum atomic E-state index is -2.84. The first-order valence-electron chi connectivity index (χ1n) is 14.3. The molecule has 46 heavy (non-hydrogen) atoms. The summed E-state index contributed by atoms with van der Waals surface area (Å²) in [6.45, 7) is 0. The van der Waals surface area contributed by atoms with Gasteiger partial charge in [-0.2, -0.15) is 5.26 Å². The van der Waals surface area contributed by atoms with Gasteiger partial charge in [0.1, 0.15) is 11.7 Å². The maximum Gasteiger partial charge on any atom is 0.336 e. The normalized spacial score (nSPS) is 30.4. The molecule has 0 aliphatic heterocycles. The van der Waals surface area contributed by atoms with Crippen molar-refractivity contribution in [1.82, 2.24) is 4.90 Å². The first-order valence-corrected chi connectivity index (χ1v) is 14.3. The quantitative estimate of drug-likeness (QED) is 0.247. The van der Waals surface area contributed by atoms with Crippen molar-refractivity contribution in [2.45, 2.75) is 30.0 Å². The van der Waals surface area contributed by atoms with E-state index in [-0.39, 0.29) is 23.1 Å². The van der Waals surface area contributed by atoms with Crippen molar-refractivity contribution in [3.63, 3.8) is 0 Å². The number of hydrogen-bond donors (Lipinski definition) is 5. The van der Waals surface area contributed by atoms with Crippen LogP contribution in [-0.4, -0.2) is 81.3 Å². The summed E-state index contributed by atoms with van der Waals surface area (Å²) in [7, 11) is 2.85. The van der Waals surface area contributed by atoms with Crippen molar-refractivity contribution in [2.24, 2.45) is 34.5 Å². The van der Waals surface area contributed by atoms with Crippen LogP contribution in [0.5, 0.6) is 5.75 Å². The molecule has 0 radical (unpaired) electrons. The molecular formula is C33H29N5O8. The number of Topliss-reactive ketones (excluding diaryl/α,β-unsaturated/α-hetero) is 4. The number of phenolic OH excluding ortho intramolecular Hbond substituents is 1. The van der Waals surface area contributed by atoms with E-state index in [1.807, 2.05) is 0 Å². The standard InChI is InChI=1S/C33H29N5O8/c1-38(2)26-25(41)22(29(35)44)27(42)32(13-34)28(43)23-24(40)21-19(11-31(23,36)12-33(26,32)37)17(9-10-20(21)39)16-7-8-18(30(45)46)15-6-4-3-5-14(15)16/h3-10,22-23,26,39H,11-12,36-37H2,1-2H3,(H2,35,44)(H,45,46)/t22?,23?,26-,31-,32+,33-/m1/s1. The fraction of sp³-hybridized carbons (Fsp3) is 0.303. The molecule has 13 nitrogen and oxygen atoms in total. The number of hydrogen-bond acceptors (Lipinski definition) is 11. The van der Waals surface area contributed by atoms with Crippen LogP contribution in [0, 0.1) is 28.6 Å². The van der Waals surface area contributed by atoms with Gasteiger partial charge in [0, 0.05) is 5.54 Å². The fourth-order valence-electron chi connectivity index (χ4n) is 8.18. The molecule has 13 heteroatoms. The van der Waals surface area contributed by atoms with E-state index < -0.39 is 81.6 Å². The predicted octanol–water partition coefficient (Wildman–Crippen LogP) is 0.327. The summed E-state index contributed by atoms with van der Waals surface area (Å²) in [5, 5.41) is 32.2. The second-order valence-electron chi connectivity index (χ2n) is 12.6. The number of benzene rings is 3. The van der Waals surface area contributed by atoms with Crippen LogP contribution in [0.15, 0.2) is 48.5 Å². The fourth-order valence-corrected chi connectivity index (χ4v) is 8.18. The molecule has 0 heterocycles. The molecule has 2 fully saturated rings. The summed E-state index contributed by atoms with van der Waals surface area (Å²) < 4.78 is 0. The highest BCUT2D eigenvalue weighted by Crippen LogP contribution is 2.57. The highest BCUT2D eigenvalue weighted by atomic mass is 16.4. The van der Waals surface area contributed by atoms with E-state index in [1.165, 1.54) is 31.1 Å². The van der Waals surface area contributed by atoms with Crippen LogP contribution < -0.4 is 17.2 Å². The van der Waals surface area contributed by atoms with Crippen molar-refractivity contribution in [3.8, 4) is 22.9 Å². The summed E-state index contributed by atoms with van der Waals surface area (Å²) in [6.07, 6.45) is -0.805. The number of aromatic carboxylic acids is 1. The van der Waals surface area contributed by atoms with E-state index in [2.05, 4.69) is 0 Å². The van der Waals surface area contributed by atoms with Crippen LogP contribution in [0.1, 0.15) is 32.7 Å². The van der Waals surface area contributed by atoms with Gasteiger partial charge in [0.2, 0.25) is 5.91 Å². The second kappa shape index (κ2) is 9.85. The number of phenols is 1. The Labute approximate surface area is 261 Å². The molecule has 3 aliphatic carbocycles. The summed E-state index contributed by atoms with van der Waals surface area (Å²) in [4.78, 5) is 82.0. The lowest BCUT2D eigenvalue weighted by Crippen LogP contribution is -2.85. The summed E-state index contributed by atoms with van der Waals surface area (Å²) in [5.41, 5.74) is 13.2. The molecule has 6 rings (SSSR count). The van der Waals surface area contributed by atoms with Gasteiger partial charge in [0.15, 0.2) is 34.5 Å². The Hall–Kier alpha value is -5.29. The van der Waals surface area contributed by atoms with E-state index in [4.69, 9.17) is 17.2 Å². The maximum atomic E-state index is 14.5. The van der Waals surface area contributed by atoms with Crippen molar-refractivity contribution in [2.75, 3.05) is 14.1 Å². The van der Waals surface area contributed by atoms with Crippen LogP contribution in [-0.2, 0) is 25.6 Å². The number of carboxylic acids is 1. The molecule has 0 aromatic heterocycles. The van der Waals surface area contributed by atoms with Crippen LogP contribution in [0.4, 0.5) is 0 Å². The number of carbonyl (C=O) groups is 6. The number of ketones is 4. The van der Waals surface area contributed by atoms with Gasteiger partial charge in [0.25, 0.3) is 0 Å². The van der Waals surface area contributed by atoms with Gasteiger partial charge in [-0.05, 0) is 66.5 Å². The number of primary amides is 1. The third-order valence-corrected chi connectivity index (χ3v) is 9.92. The average molecular weight is 624 g/mol. The van der Waals surface area contributed by atoms with E-state index >= 15 is 0 Å². The topological polar surface area (TPSA) is 248 Å². The second-order valence-corrected chi connectivity index (χ2v) is 12.6. The number of fused-ring (bicyclic) bond motifs is 4. The number of aromatic hydroxyl groups is 1. The largest absolute Gasteiger partial charge is 0.507 e. The summed E-state index contributed by atoms with van der Waals surface area (Å²) in [5.74, 6) is -11.6. The number of carboxylic acid groups (broad SMARTS) is 1. The zero-order valence-electron chi connectivity index (χ0n) is 24.7. The van der Waals surface area contributed by atoms with Crippen LogP contribution in [0.25, 0.3) is 21.9 Å². The molecule has 1 amide bonds. The number of carbonyl (C=O) groups excluding carboxylic acids is 5. The Kier molecular flexibility index (Phi) is 6.58. The molecule has 6 atom stereocenters. The van der Waals surface area contributed by atoms with Crippen LogP contribution in [0.3, 0.4) is 0 Å². The number of nitrogens with two attached hydrogens (primary N) is 3. The Morgan fingerprint density at radius 2 is 1.59 bits per heavy atom. The third kappa shape index (κ3) is 3.66. The van der Waals surface area contributed by atoms with E-state index in [0.717, 1.165) is 0 Å². The average Bonchev–Trinajstić information content (AvgIpc) is 2.95. The number of nitriles is 1. The van der Waals surface area contributed by atoms with Crippen molar-refractivity contribution in [3.05, 3.63) is 65.2 Å². The van der Waals surface area contributed by atoms with Gasteiger partial charge in [-0.3, -0.25) is 28.9 Å². The zero-order chi connectivity index (χ0) is 33.7. The summed E-state index contributed by atoms with van der Waals surface area (Å²) in [6, 6.07) is 12.7. The molecular weight excluding hydrogens is 594 g/mol. The lowest BCUT2D eigenvalue weighted by Gasteiger charge is -2.60. The van der Waals surface area contributed by atoms with Crippen LogP contribution in [0.2, 0.25) is 0 Å². The molecule has 3 aromatic rings. The van der Waals surface area contributed by atoms with Crippen molar-refractivity contribution >= 4 is 45.8 Å². The lowest BCUT2D eigenvalue weighted by atomic mass is 9.42. The number of likely N-dealkylation sites (N-methyl/N-ethyl adjacent to an activating group) is 1. The van der Waals surface area contributed by atoms with Crippen molar-refractivity contribution < 1.29 is 39.0 Å². The molecule has 3 aromatic carbocycles. The van der Waals surface area contributed by atoms with Crippen molar-refractivity contribution in [1.29, 1.82) is 5.26 Å². The van der Waals surface area contributed by atoms with Gasteiger partial charge in [0.05, 0.1) is 28.8 Å². The Morgan fingerprint density at radius 1 is 0.957 bits per heavy atom. The number of rotatable bonds is 4. The Balaban J connectivity index is 1.61. The lowest BCUT2D eigenvalue weighted by molar-refractivity contribution is -0.166. The SMILES string of the molecule is CN(C)[C@@H]1C(=O)C(C(N)=O)C(=O)[C@@]2(C#N)C(=O)C3C(=O)c4c(O)ccc(-c5ccc(C(=O)O)c6ccccc56)c4C[C@@]3(N)C[C@@]12N. The van der Waals surface area contributed by atoms with Gasteiger partial charge in [-0.1, -0.05) is 36.4 Å². The highest BCUT2D eigenvalue weighted by Gasteiger charge is 2.78. The molecule has 234 valence electrons. The minimum absolute atomic E-state index is 0.0462. The third-order valence-electron chi connectivity index (χ3n) is 9.92. The highest BCUT2D eigenvalue weighted by molar-refractivity contribution is 6.33. The first-order chi connectivity index (χ1) is 21.6. The van der Waals surface area contributed by atoms with Gasteiger partial charge in [-0.15, -0.1) is 0 Å². The Morgan fingerprint density at radius 3 is 2.17 bits per heavy atom. The predicted molar refractivity (Wildman–Crippen MR) is 161 cm³/mol. The maximum absolute atomic E-state index is 14.5. The monoisotopic (exact) mass is 623 g/mol. The molecule has 3 aliphatic rings. The molecule has 0 saturated heterocycles. The summed E-state index contributed by atoms with van der Waals surface area (Å²) >= 11 is 0. The number of amides is 1. The van der Waals surface area contributed by atoms with Gasteiger partial charge >= 0.3 is 5.97 Å². The van der Waals surface area contributed by atoms with Gasteiger partial charge in [-0.25, -0.2) is 4.79 Å². The van der Waals surface area contributed by atoms with Crippen LogP contribution >= 0.6 is 0 Å². The van der Waals surface area contributed by atoms with E-state index in [1.54, 1.807) is 42.5 Å². The number of nitrogens with zero attached hydrogens (tertiary/aromatic N) is 2. The molecule has 2 saturated carbocycles. The molecule has 0 bridgehead atoms. The molecule has 8 N–H and O–H groups in total. The molecule has 2 unspecified atom stereocenters. The van der Waals surface area contributed by atoms with Gasteiger partial charge < -0.3 is 27.4 Å². The zero-order valence-corrected chi connectivity index (χ0v) is 24.7. The minimum Gasteiger partial charge on any atom is -0.507 e.